The molecule has 0 saturated carbocycles. The molecular formula is C32H33N3OS. The highest BCUT2D eigenvalue weighted by molar-refractivity contribution is 8.19. The van der Waals surface area contributed by atoms with Gasteiger partial charge in [-0.15, -0.1) is 0 Å². The number of amidine groups is 1. The first-order valence-electron chi connectivity index (χ1n) is 12.8. The van der Waals surface area contributed by atoms with E-state index in [4.69, 9.17) is 4.99 Å². The van der Waals surface area contributed by atoms with Gasteiger partial charge in [0.15, 0.2) is 5.17 Å². The van der Waals surface area contributed by atoms with Gasteiger partial charge in [0, 0.05) is 17.8 Å². The fraction of sp³-hybridized carbons (Fsp3) is 0.250. The maximum Gasteiger partial charge on any atom is 0.271 e. The molecule has 1 amide bonds. The lowest BCUT2D eigenvalue weighted by atomic mass is 9.86. The summed E-state index contributed by atoms with van der Waals surface area (Å²) in [5.41, 5.74) is 7.61. The minimum Gasteiger partial charge on any atom is -0.362 e. The minimum absolute atomic E-state index is 0.0320. The normalized spacial score (nSPS) is 18.9. The van der Waals surface area contributed by atoms with Crippen molar-refractivity contribution in [1.82, 2.24) is 0 Å². The predicted molar refractivity (Wildman–Crippen MR) is 160 cm³/mol. The molecule has 0 N–H and O–H groups in total. The van der Waals surface area contributed by atoms with E-state index in [1.807, 2.05) is 66.7 Å². The van der Waals surface area contributed by atoms with Crippen molar-refractivity contribution >= 4 is 51.5 Å². The van der Waals surface area contributed by atoms with Gasteiger partial charge in [-0.05, 0) is 105 Å². The Hall–Kier alpha value is -3.57. The van der Waals surface area contributed by atoms with E-state index < -0.39 is 0 Å². The highest BCUT2D eigenvalue weighted by atomic mass is 32.2. The summed E-state index contributed by atoms with van der Waals surface area (Å²) in [6.45, 7) is 12.1. The van der Waals surface area contributed by atoms with Gasteiger partial charge in [-0.2, -0.15) is 0 Å². The molecule has 188 valence electrons. The summed E-state index contributed by atoms with van der Waals surface area (Å²) in [5.74, 6) is -0.0518. The number of benzene rings is 3. The number of thioether (sulfide) groups is 1. The molecule has 5 heteroatoms. The van der Waals surface area contributed by atoms with Gasteiger partial charge in [-0.3, -0.25) is 9.69 Å². The Morgan fingerprint density at radius 1 is 0.973 bits per heavy atom. The number of para-hydroxylation sites is 2. The number of fused-ring (bicyclic) bond motifs is 1. The number of allylic oxidation sites excluding steroid dienone is 1. The van der Waals surface area contributed by atoms with Gasteiger partial charge in [0.25, 0.3) is 5.91 Å². The molecule has 4 nitrogen and oxygen atoms in total. The second-order valence-electron chi connectivity index (χ2n) is 10.2. The fourth-order valence-corrected chi connectivity index (χ4v) is 6.13. The van der Waals surface area contributed by atoms with Gasteiger partial charge in [-0.25, -0.2) is 4.99 Å². The van der Waals surface area contributed by atoms with Gasteiger partial charge in [0.05, 0.1) is 21.8 Å². The quantitative estimate of drug-likeness (QED) is 0.326. The number of carbonyl (C=O) groups excluding carboxylic acids is 1. The van der Waals surface area contributed by atoms with Crippen LogP contribution in [-0.4, -0.2) is 23.2 Å². The zero-order valence-electron chi connectivity index (χ0n) is 22.2. The Labute approximate surface area is 224 Å². The lowest BCUT2D eigenvalue weighted by Gasteiger charge is -2.43. The van der Waals surface area contributed by atoms with Crippen LogP contribution in [0.4, 0.5) is 17.1 Å². The van der Waals surface area contributed by atoms with E-state index in [-0.39, 0.29) is 11.4 Å². The van der Waals surface area contributed by atoms with E-state index in [9.17, 15) is 4.79 Å². The van der Waals surface area contributed by atoms with Crippen LogP contribution in [0.15, 0.2) is 88.8 Å². The molecule has 37 heavy (non-hydrogen) atoms. The van der Waals surface area contributed by atoms with Gasteiger partial charge >= 0.3 is 0 Å². The van der Waals surface area contributed by atoms with Crippen LogP contribution in [0.5, 0.6) is 0 Å². The Morgan fingerprint density at radius 2 is 1.65 bits per heavy atom. The molecule has 3 aromatic carbocycles. The number of hydrogen-bond donors (Lipinski definition) is 0. The first-order valence-corrected chi connectivity index (χ1v) is 13.6. The third-order valence-electron chi connectivity index (χ3n) is 6.90. The molecule has 1 saturated heterocycles. The van der Waals surface area contributed by atoms with Crippen LogP contribution in [0, 0.1) is 6.92 Å². The summed E-state index contributed by atoms with van der Waals surface area (Å²) in [6, 6.07) is 24.1. The first-order chi connectivity index (χ1) is 17.8. The smallest absolute Gasteiger partial charge is 0.271 e. The molecule has 0 atom stereocenters. The monoisotopic (exact) mass is 507 g/mol. The van der Waals surface area contributed by atoms with E-state index in [2.05, 4.69) is 57.7 Å². The van der Waals surface area contributed by atoms with Gasteiger partial charge < -0.3 is 4.90 Å². The average Bonchev–Trinajstić information content (AvgIpc) is 3.17. The minimum atomic E-state index is -0.0518. The number of rotatable bonds is 5. The summed E-state index contributed by atoms with van der Waals surface area (Å²) in [5, 5.41) is 0.663. The van der Waals surface area contributed by atoms with Crippen LogP contribution in [0.1, 0.15) is 50.8 Å². The number of aliphatic imine (C=N–C) groups is 1. The predicted octanol–water partition coefficient (Wildman–Crippen LogP) is 8.22. The molecule has 0 spiro atoms. The van der Waals surface area contributed by atoms with E-state index in [1.165, 1.54) is 28.6 Å². The fourth-order valence-electron chi connectivity index (χ4n) is 5.14. The number of anilines is 2. The zero-order chi connectivity index (χ0) is 26.2. The van der Waals surface area contributed by atoms with Crippen LogP contribution >= 0.6 is 11.8 Å². The SMILES string of the molecule is CCCN1c2cc(C)c(/C=C3/SC(=Nc4ccccc4)N(c4ccccc4)C3=O)cc2C(C)=CC1(C)C. The molecule has 0 aromatic heterocycles. The van der Waals surface area contributed by atoms with Crippen LogP contribution < -0.4 is 9.80 Å². The van der Waals surface area contributed by atoms with Crippen LogP contribution in [0.3, 0.4) is 0 Å². The molecule has 0 bridgehead atoms. The van der Waals surface area contributed by atoms with Crippen molar-refractivity contribution in [3.63, 3.8) is 0 Å². The summed E-state index contributed by atoms with van der Waals surface area (Å²) < 4.78 is 0. The molecule has 2 aliphatic heterocycles. The highest BCUT2D eigenvalue weighted by Gasteiger charge is 2.35. The van der Waals surface area contributed by atoms with Crippen molar-refractivity contribution < 1.29 is 4.79 Å². The molecule has 2 aliphatic rings. The Balaban J connectivity index is 1.58. The Kier molecular flexibility index (Phi) is 6.82. The lowest BCUT2D eigenvalue weighted by Crippen LogP contribution is -2.45. The van der Waals surface area contributed by atoms with E-state index in [0.717, 1.165) is 35.5 Å². The van der Waals surface area contributed by atoms with E-state index >= 15 is 0 Å². The van der Waals surface area contributed by atoms with E-state index in [0.29, 0.717) is 10.1 Å². The molecule has 0 radical (unpaired) electrons. The molecule has 2 heterocycles. The molecule has 5 rings (SSSR count). The number of aryl methyl sites for hydroxylation is 1. The Bertz CT molecular complexity index is 1420. The molecule has 1 fully saturated rings. The first kappa shape index (κ1) is 25.1. The zero-order valence-corrected chi connectivity index (χ0v) is 23.0. The molecule has 0 unspecified atom stereocenters. The Morgan fingerprint density at radius 3 is 2.32 bits per heavy atom. The number of carbonyl (C=O) groups is 1. The van der Waals surface area contributed by atoms with Crippen LogP contribution in [-0.2, 0) is 4.79 Å². The molecule has 3 aromatic rings. The summed E-state index contributed by atoms with van der Waals surface area (Å²) in [7, 11) is 0. The van der Waals surface area contributed by atoms with E-state index in [1.54, 1.807) is 4.90 Å². The highest BCUT2D eigenvalue weighted by Crippen LogP contribution is 2.42. The third-order valence-corrected chi connectivity index (χ3v) is 7.87. The summed E-state index contributed by atoms with van der Waals surface area (Å²) in [4.78, 5) is 23.5. The van der Waals surface area contributed by atoms with Crippen molar-refractivity contribution in [2.45, 2.75) is 46.6 Å². The maximum atomic E-state index is 13.7. The van der Waals surface area contributed by atoms with Crippen molar-refractivity contribution in [3.8, 4) is 0 Å². The second kappa shape index (κ2) is 10.1. The molecule has 0 aliphatic carbocycles. The van der Waals surface area contributed by atoms with Crippen molar-refractivity contribution in [1.29, 1.82) is 0 Å². The average molecular weight is 508 g/mol. The summed E-state index contributed by atoms with van der Waals surface area (Å²) >= 11 is 1.43. The van der Waals surface area contributed by atoms with Crippen molar-refractivity contribution in [2.75, 3.05) is 16.3 Å². The summed E-state index contributed by atoms with van der Waals surface area (Å²) in [6.07, 6.45) is 5.47. The van der Waals surface area contributed by atoms with Crippen molar-refractivity contribution in [3.05, 3.63) is 100 Å². The maximum absolute atomic E-state index is 13.7. The standard InChI is InChI=1S/C32H33N3OS/c1-6-17-34-28-18-22(2)24(19-27(28)23(3)21-32(34,4)5)20-29-30(36)35(26-15-11-8-12-16-26)31(37-29)33-25-13-9-7-10-14-25/h7-16,18-21H,6,17H2,1-5H3/b29-20+,33-31?. The lowest BCUT2D eigenvalue weighted by molar-refractivity contribution is -0.113. The molecular weight excluding hydrogens is 474 g/mol. The van der Waals surface area contributed by atoms with Crippen LogP contribution in [0.2, 0.25) is 0 Å². The van der Waals surface area contributed by atoms with Crippen molar-refractivity contribution in [2.24, 2.45) is 4.99 Å². The largest absolute Gasteiger partial charge is 0.362 e. The second-order valence-corrected chi connectivity index (χ2v) is 11.2. The van der Waals surface area contributed by atoms with Gasteiger partial charge in [-0.1, -0.05) is 49.4 Å². The number of amides is 1. The van der Waals surface area contributed by atoms with Gasteiger partial charge in [0.2, 0.25) is 0 Å². The van der Waals surface area contributed by atoms with Crippen LogP contribution in [0.25, 0.3) is 11.6 Å². The topological polar surface area (TPSA) is 35.9 Å². The number of nitrogens with zero attached hydrogens (tertiary/aromatic N) is 3. The van der Waals surface area contributed by atoms with Gasteiger partial charge in [0.1, 0.15) is 0 Å². The number of hydrogen-bond acceptors (Lipinski definition) is 4. The third kappa shape index (κ3) is 4.88.